The number of anilines is 1. The summed E-state index contributed by atoms with van der Waals surface area (Å²) in [4.78, 5) is 13.8. The molecule has 24 heavy (non-hydrogen) atoms. The molecule has 0 saturated heterocycles. The van der Waals surface area contributed by atoms with Gasteiger partial charge in [-0.25, -0.2) is 13.6 Å². The number of hydrogen-bond acceptors (Lipinski definition) is 2. The molecule has 0 spiro atoms. The molecular formula is C18H20F2N2O2. The minimum absolute atomic E-state index is 0.0447. The average molecular weight is 334 g/mol. The molecule has 0 bridgehead atoms. The molecular weight excluding hydrogens is 314 g/mol. The lowest BCUT2D eigenvalue weighted by molar-refractivity contribution is 0.241. The molecule has 4 nitrogen and oxygen atoms in total. The van der Waals surface area contributed by atoms with Crippen molar-refractivity contribution in [3.8, 4) is 5.75 Å². The number of ether oxygens (including phenoxy) is 1. The first-order chi connectivity index (χ1) is 11.5. The van der Waals surface area contributed by atoms with Gasteiger partial charge in [0.2, 0.25) is 0 Å². The lowest BCUT2D eigenvalue weighted by Gasteiger charge is -2.22. The summed E-state index contributed by atoms with van der Waals surface area (Å²) in [6.07, 6.45) is 0. The number of amides is 2. The number of carbonyl (C=O) groups is 1. The Kier molecular flexibility index (Phi) is 6.12. The third-order valence-electron chi connectivity index (χ3n) is 3.40. The van der Waals surface area contributed by atoms with Gasteiger partial charge in [-0.2, -0.15) is 0 Å². The summed E-state index contributed by atoms with van der Waals surface area (Å²) < 4.78 is 31.4. The van der Waals surface area contributed by atoms with Crippen molar-refractivity contribution >= 4 is 11.7 Å². The number of nitrogens with zero attached hydrogens (tertiary/aromatic N) is 1. The van der Waals surface area contributed by atoms with Crippen molar-refractivity contribution in [3.05, 3.63) is 59.7 Å². The van der Waals surface area contributed by atoms with Crippen LogP contribution in [0.15, 0.2) is 42.5 Å². The Morgan fingerprint density at radius 2 is 2.00 bits per heavy atom. The summed E-state index contributed by atoms with van der Waals surface area (Å²) in [5.74, 6) is -1.47. The van der Waals surface area contributed by atoms with Gasteiger partial charge in [0.05, 0.1) is 6.54 Å². The molecule has 0 aliphatic carbocycles. The summed E-state index contributed by atoms with van der Waals surface area (Å²) in [6, 6.07) is 10.5. The van der Waals surface area contributed by atoms with Crippen molar-refractivity contribution in [2.75, 3.05) is 24.6 Å². The average Bonchev–Trinajstić information content (AvgIpc) is 2.54. The zero-order valence-electron chi connectivity index (χ0n) is 13.7. The van der Waals surface area contributed by atoms with Crippen LogP contribution in [-0.4, -0.2) is 25.7 Å². The fourth-order valence-corrected chi connectivity index (χ4v) is 2.25. The molecule has 128 valence electrons. The quantitative estimate of drug-likeness (QED) is 0.815. The van der Waals surface area contributed by atoms with Crippen molar-refractivity contribution in [2.45, 2.75) is 13.8 Å². The van der Waals surface area contributed by atoms with E-state index in [1.165, 1.54) is 6.07 Å². The number of carbonyl (C=O) groups excluding carboxylic acids is 1. The highest BCUT2D eigenvalue weighted by Crippen LogP contribution is 2.17. The SMILES string of the molecule is CCN(C(=O)NCCOc1ccc(F)cc1F)c1cccc(C)c1. The summed E-state index contributed by atoms with van der Waals surface area (Å²) in [6.45, 7) is 4.65. The molecule has 2 aromatic rings. The van der Waals surface area contributed by atoms with Crippen molar-refractivity contribution in [2.24, 2.45) is 0 Å². The van der Waals surface area contributed by atoms with Crippen LogP contribution < -0.4 is 15.0 Å². The minimum atomic E-state index is -0.767. The Balaban J connectivity index is 1.85. The molecule has 0 saturated carbocycles. The number of rotatable bonds is 6. The number of benzene rings is 2. The highest BCUT2D eigenvalue weighted by Gasteiger charge is 2.13. The van der Waals surface area contributed by atoms with Gasteiger partial charge in [-0.3, -0.25) is 4.90 Å². The zero-order chi connectivity index (χ0) is 17.5. The summed E-state index contributed by atoms with van der Waals surface area (Å²) in [5.41, 5.74) is 1.87. The van der Waals surface area contributed by atoms with Crippen LogP contribution in [0.1, 0.15) is 12.5 Å². The van der Waals surface area contributed by atoms with Gasteiger partial charge in [0.1, 0.15) is 12.4 Å². The Labute approximate surface area is 140 Å². The maximum absolute atomic E-state index is 13.4. The molecule has 2 rings (SSSR count). The summed E-state index contributed by atoms with van der Waals surface area (Å²) in [5, 5.41) is 2.72. The highest BCUT2D eigenvalue weighted by molar-refractivity contribution is 5.91. The number of hydrogen-bond donors (Lipinski definition) is 1. The molecule has 0 aliphatic heterocycles. The van der Waals surface area contributed by atoms with Crippen LogP contribution in [0.4, 0.5) is 19.3 Å². The van der Waals surface area contributed by atoms with E-state index in [0.717, 1.165) is 23.4 Å². The predicted octanol–water partition coefficient (Wildman–Crippen LogP) is 3.89. The van der Waals surface area contributed by atoms with Crippen molar-refractivity contribution in [3.63, 3.8) is 0 Å². The van der Waals surface area contributed by atoms with Gasteiger partial charge in [-0.15, -0.1) is 0 Å². The van der Waals surface area contributed by atoms with Crippen LogP contribution >= 0.6 is 0 Å². The third kappa shape index (κ3) is 4.68. The van der Waals surface area contributed by atoms with Gasteiger partial charge in [0, 0.05) is 18.3 Å². The minimum Gasteiger partial charge on any atom is -0.489 e. The van der Waals surface area contributed by atoms with Gasteiger partial charge in [0.15, 0.2) is 11.6 Å². The van der Waals surface area contributed by atoms with Gasteiger partial charge in [0.25, 0.3) is 0 Å². The molecule has 1 N–H and O–H groups in total. The van der Waals surface area contributed by atoms with Crippen molar-refractivity contribution in [1.82, 2.24) is 5.32 Å². The predicted molar refractivity (Wildman–Crippen MR) is 89.5 cm³/mol. The van der Waals surface area contributed by atoms with E-state index in [0.29, 0.717) is 6.54 Å². The second kappa shape index (κ2) is 8.29. The van der Waals surface area contributed by atoms with Crippen LogP contribution in [0.25, 0.3) is 0 Å². The van der Waals surface area contributed by atoms with E-state index >= 15 is 0 Å². The molecule has 0 fully saturated rings. The fraction of sp³-hybridized carbons (Fsp3) is 0.278. The van der Waals surface area contributed by atoms with E-state index in [-0.39, 0.29) is 24.9 Å². The summed E-state index contributed by atoms with van der Waals surface area (Å²) in [7, 11) is 0. The van der Waals surface area contributed by atoms with E-state index in [1.807, 2.05) is 38.1 Å². The lowest BCUT2D eigenvalue weighted by atomic mass is 10.2. The number of nitrogens with one attached hydrogen (secondary N) is 1. The fourth-order valence-electron chi connectivity index (χ4n) is 2.25. The van der Waals surface area contributed by atoms with Crippen LogP contribution in [0.2, 0.25) is 0 Å². The first kappa shape index (κ1) is 17.7. The maximum atomic E-state index is 13.4. The molecule has 0 atom stereocenters. The number of aryl methyl sites for hydroxylation is 1. The largest absolute Gasteiger partial charge is 0.489 e. The van der Waals surface area contributed by atoms with Gasteiger partial charge < -0.3 is 10.1 Å². The van der Waals surface area contributed by atoms with Gasteiger partial charge in [-0.05, 0) is 43.7 Å². The first-order valence-electron chi connectivity index (χ1n) is 7.71. The number of halogens is 2. The van der Waals surface area contributed by atoms with Crippen LogP contribution in [0.3, 0.4) is 0 Å². The van der Waals surface area contributed by atoms with Gasteiger partial charge in [-0.1, -0.05) is 12.1 Å². The zero-order valence-corrected chi connectivity index (χ0v) is 13.7. The standard InChI is InChI=1S/C18H20F2N2O2/c1-3-22(15-6-4-5-13(2)11-15)18(23)21-9-10-24-17-8-7-14(19)12-16(17)20/h4-8,11-12H,3,9-10H2,1-2H3,(H,21,23). The first-order valence-corrected chi connectivity index (χ1v) is 7.71. The molecule has 2 amide bonds. The molecule has 2 aromatic carbocycles. The van der Waals surface area contributed by atoms with E-state index in [1.54, 1.807) is 4.90 Å². The molecule has 0 unspecified atom stereocenters. The molecule has 0 aromatic heterocycles. The van der Waals surface area contributed by atoms with E-state index in [4.69, 9.17) is 4.74 Å². The van der Waals surface area contributed by atoms with Crippen LogP contribution in [0.5, 0.6) is 5.75 Å². The molecule has 0 heterocycles. The van der Waals surface area contributed by atoms with Crippen molar-refractivity contribution in [1.29, 1.82) is 0 Å². The molecule has 0 aliphatic rings. The maximum Gasteiger partial charge on any atom is 0.321 e. The molecule has 0 radical (unpaired) electrons. The topological polar surface area (TPSA) is 41.6 Å². The Morgan fingerprint density at radius 1 is 1.21 bits per heavy atom. The van der Waals surface area contributed by atoms with Crippen molar-refractivity contribution < 1.29 is 18.3 Å². The molecule has 6 heteroatoms. The summed E-state index contributed by atoms with van der Waals surface area (Å²) >= 11 is 0. The smallest absolute Gasteiger partial charge is 0.321 e. The second-order valence-corrected chi connectivity index (χ2v) is 5.24. The van der Waals surface area contributed by atoms with E-state index in [2.05, 4.69) is 5.32 Å². The van der Waals surface area contributed by atoms with E-state index in [9.17, 15) is 13.6 Å². The Bertz CT molecular complexity index is 707. The third-order valence-corrected chi connectivity index (χ3v) is 3.40. The second-order valence-electron chi connectivity index (χ2n) is 5.24. The Morgan fingerprint density at radius 3 is 2.67 bits per heavy atom. The van der Waals surface area contributed by atoms with Crippen LogP contribution in [-0.2, 0) is 0 Å². The number of urea groups is 1. The Hall–Kier alpha value is -2.63. The monoisotopic (exact) mass is 334 g/mol. The van der Waals surface area contributed by atoms with E-state index < -0.39 is 11.6 Å². The van der Waals surface area contributed by atoms with Gasteiger partial charge >= 0.3 is 6.03 Å². The van der Waals surface area contributed by atoms with Crippen LogP contribution in [0, 0.1) is 18.6 Å². The normalized spacial score (nSPS) is 10.3. The highest BCUT2D eigenvalue weighted by atomic mass is 19.1. The lowest BCUT2D eigenvalue weighted by Crippen LogP contribution is -2.41.